The van der Waals surface area contributed by atoms with Crippen molar-refractivity contribution in [1.82, 2.24) is 14.8 Å². The van der Waals surface area contributed by atoms with Crippen LogP contribution in [0, 0.1) is 0 Å². The van der Waals surface area contributed by atoms with Crippen molar-refractivity contribution >= 4 is 28.5 Å². The van der Waals surface area contributed by atoms with Gasteiger partial charge in [-0.1, -0.05) is 30.3 Å². The van der Waals surface area contributed by atoms with Crippen LogP contribution in [0.5, 0.6) is 0 Å². The Kier molecular flexibility index (Phi) is 5.02. The van der Waals surface area contributed by atoms with E-state index in [2.05, 4.69) is 10.4 Å². The van der Waals surface area contributed by atoms with Crippen LogP contribution in [0.2, 0.25) is 0 Å². The van der Waals surface area contributed by atoms with Gasteiger partial charge in [0, 0.05) is 22.9 Å². The third-order valence-corrected chi connectivity index (χ3v) is 4.80. The summed E-state index contributed by atoms with van der Waals surface area (Å²) < 4.78 is 1.81. The second kappa shape index (κ2) is 7.79. The summed E-state index contributed by atoms with van der Waals surface area (Å²) in [5.41, 5.74) is 8.95. The quantitative estimate of drug-likeness (QED) is 0.529. The molecule has 0 fully saturated rings. The first kappa shape index (κ1) is 19.3. The predicted octanol–water partition coefficient (Wildman–Crippen LogP) is 4.03. The zero-order valence-corrected chi connectivity index (χ0v) is 16.7. The van der Waals surface area contributed by atoms with Crippen LogP contribution >= 0.6 is 0 Å². The lowest BCUT2D eigenvalue weighted by atomic mass is 10.1. The largest absolute Gasteiger partial charge is 0.366 e. The Morgan fingerprint density at radius 3 is 2.37 bits per heavy atom. The molecule has 0 aliphatic rings. The first-order valence-electron chi connectivity index (χ1n) is 9.59. The minimum absolute atomic E-state index is 0.0956. The highest BCUT2D eigenvalue weighted by atomic mass is 16.2. The number of fused-ring (bicyclic) bond motifs is 1. The number of primary amides is 1. The molecule has 3 N–H and O–H groups in total. The van der Waals surface area contributed by atoms with Crippen LogP contribution in [0.15, 0.2) is 66.9 Å². The van der Waals surface area contributed by atoms with Gasteiger partial charge in [0.05, 0.1) is 22.8 Å². The summed E-state index contributed by atoms with van der Waals surface area (Å²) in [5, 5.41) is 7.99. The fourth-order valence-corrected chi connectivity index (χ4v) is 3.26. The minimum atomic E-state index is -0.516. The lowest BCUT2D eigenvalue weighted by molar-refractivity contribution is 0.0998. The monoisotopic (exact) mass is 399 g/mol. The molecule has 2 aromatic carbocycles. The summed E-state index contributed by atoms with van der Waals surface area (Å²) in [6.07, 6.45) is 1.67. The van der Waals surface area contributed by atoms with Crippen molar-refractivity contribution in [3.63, 3.8) is 0 Å². The van der Waals surface area contributed by atoms with E-state index in [1.807, 2.05) is 44.2 Å². The first-order chi connectivity index (χ1) is 14.4. The van der Waals surface area contributed by atoms with Gasteiger partial charge in [-0.05, 0) is 44.2 Å². The van der Waals surface area contributed by atoms with Crippen molar-refractivity contribution in [2.24, 2.45) is 5.73 Å². The molecule has 0 spiro atoms. The topological polar surface area (TPSA) is 103 Å². The summed E-state index contributed by atoms with van der Waals surface area (Å²) in [5.74, 6) is -0.799. The lowest BCUT2D eigenvalue weighted by Crippen LogP contribution is -2.14. The van der Waals surface area contributed by atoms with E-state index in [-0.39, 0.29) is 11.9 Å². The van der Waals surface area contributed by atoms with Crippen LogP contribution in [-0.2, 0) is 0 Å². The van der Waals surface area contributed by atoms with Crippen molar-refractivity contribution in [3.8, 4) is 11.3 Å². The highest BCUT2D eigenvalue weighted by Crippen LogP contribution is 2.27. The Bertz CT molecular complexity index is 1230. The van der Waals surface area contributed by atoms with Crippen LogP contribution in [-0.4, -0.2) is 26.6 Å². The maximum atomic E-state index is 13.1. The number of nitrogens with zero attached hydrogens (tertiary/aromatic N) is 3. The van der Waals surface area contributed by atoms with E-state index in [1.165, 1.54) is 0 Å². The zero-order chi connectivity index (χ0) is 21.3. The zero-order valence-electron chi connectivity index (χ0n) is 16.7. The maximum absolute atomic E-state index is 13.1. The van der Waals surface area contributed by atoms with Crippen LogP contribution < -0.4 is 11.1 Å². The molecule has 0 atom stereocenters. The predicted molar refractivity (Wildman–Crippen MR) is 116 cm³/mol. The fourth-order valence-electron chi connectivity index (χ4n) is 3.26. The molecule has 0 bridgehead atoms. The summed E-state index contributed by atoms with van der Waals surface area (Å²) >= 11 is 0. The number of amides is 2. The van der Waals surface area contributed by atoms with Crippen molar-refractivity contribution < 1.29 is 9.59 Å². The number of rotatable bonds is 5. The summed E-state index contributed by atoms with van der Waals surface area (Å²) in [6, 6.07) is 18.0. The van der Waals surface area contributed by atoms with Crippen LogP contribution in [0.25, 0.3) is 22.3 Å². The second-order valence-electron chi connectivity index (χ2n) is 7.24. The van der Waals surface area contributed by atoms with Gasteiger partial charge in [-0.3, -0.25) is 9.59 Å². The molecule has 4 rings (SSSR count). The maximum Gasteiger partial charge on any atom is 0.256 e. The molecule has 150 valence electrons. The third-order valence-electron chi connectivity index (χ3n) is 4.80. The average molecular weight is 399 g/mol. The van der Waals surface area contributed by atoms with Gasteiger partial charge in [0.15, 0.2) is 5.65 Å². The van der Waals surface area contributed by atoms with Crippen molar-refractivity contribution in [2.45, 2.75) is 19.9 Å². The Labute approximate surface area is 173 Å². The number of carbonyl (C=O) groups is 2. The van der Waals surface area contributed by atoms with Gasteiger partial charge in [-0.2, -0.15) is 5.10 Å². The van der Waals surface area contributed by atoms with E-state index < -0.39 is 5.91 Å². The molecule has 2 amide bonds. The van der Waals surface area contributed by atoms with Crippen LogP contribution in [0.1, 0.15) is 40.6 Å². The van der Waals surface area contributed by atoms with Crippen molar-refractivity contribution in [1.29, 1.82) is 0 Å². The van der Waals surface area contributed by atoms with E-state index in [0.29, 0.717) is 33.5 Å². The number of carbonyl (C=O) groups excluding carboxylic acids is 2. The van der Waals surface area contributed by atoms with Crippen molar-refractivity contribution in [2.75, 3.05) is 5.32 Å². The Morgan fingerprint density at radius 1 is 1.03 bits per heavy atom. The number of aromatic nitrogens is 3. The lowest BCUT2D eigenvalue weighted by Gasteiger charge is -2.11. The molecule has 7 nitrogen and oxygen atoms in total. The molecule has 0 radical (unpaired) electrons. The van der Waals surface area contributed by atoms with E-state index in [4.69, 9.17) is 10.7 Å². The molecule has 0 saturated heterocycles. The molecule has 2 aromatic heterocycles. The van der Waals surface area contributed by atoms with Gasteiger partial charge in [0.2, 0.25) is 5.91 Å². The van der Waals surface area contributed by atoms with E-state index in [9.17, 15) is 9.59 Å². The third kappa shape index (κ3) is 3.65. The van der Waals surface area contributed by atoms with E-state index in [1.54, 1.807) is 41.2 Å². The van der Waals surface area contributed by atoms with Crippen LogP contribution in [0.3, 0.4) is 0 Å². The summed E-state index contributed by atoms with van der Waals surface area (Å²) in [4.78, 5) is 29.2. The molecular weight excluding hydrogens is 378 g/mol. The summed E-state index contributed by atoms with van der Waals surface area (Å²) in [7, 11) is 0. The van der Waals surface area contributed by atoms with Gasteiger partial charge >= 0.3 is 0 Å². The Morgan fingerprint density at radius 2 is 1.73 bits per heavy atom. The standard InChI is InChI=1S/C23H21N5O2/c1-14(2)28-22-19(13-25-28)18(12-20(27-22)15-6-4-3-5-7-15)23(30)26-17-10-8-16(9-11-17)21(24)29/h3-14H,1-2H3,(H2,24,29)(H,26,30). The number of nitrogens with two attached hydrogens (primary N) is 1. The SMILES string of the molecule is CC(C)n1ncc2c(C(=O)Nc3ccc(C(N)=O)cc3)cc(-c3ccccc3)nc21. The number of nitrogens with one attached hydrogen (secondary N) is 1. The van der Waals surface area contributed by atoms with Gasteiger partial charge in [0.25, 0.3) is 5.91 Å². The average Bonchev–Trinajstić information content (AvgIpc) is 3.18. The van der Waals surface area contributed by atoms with Crippen molar-refractivity contribution in [3.05, 3.63) is 78.0 Å². The van der Waals surface area contributed by atoms with Gasteiger partial charge in [0.1, 0.15) is 0 Å². The molecule has 0 saturated carbocycles. The number of hydrogen-bond acceptors (Lipinski definition) is 4. The number of benzene rings is 2. The molecule has 0 aliphatic carbocycles. The summed E-state index contributed by atoms with van der Waals surface area (Å²) in [6.45, 7) is 4.03. The Hall–Kier alpha value is -4.00. The molecular formula is C23H21N5O2. The highest BCUT2D eigenvalue weighted by molar-refractivity contribution is 6.12. The molecule has 0 unspecified atom stereocenters. The normalized spacial score (nSPS) is 11.0. The van der Waals surface area contributed by atoms with E-state index >= 15 is 0 Å². The first-order valence-corrected chi connectivity index (χ1v) is 9.59. The minimum Gasteiger partial charge on any atom is -0.366 e. The number of anilines is 1. The smallest absolute Gasteiger partial charge is 0.256 e. The number of pyridine rings is 1. The van der Waals surface area contributed by atoms with Gasteiger partial charge in [-0.25, -0.2) is 9.67 Å². The molecule has 30 heavy (non-hydrogen) atoms. The molecule has 2 heterocycles. The van der Waals surface area contributed by atoms with E-state index in [0.717, 1.165) is 5.56 Å². The number of hydrogen-bond donors (Lipinski definition) is 2. The Balaban J connectivity index is 1.78. The molecule has 4 aromatic rings. The van der Waals surface area contributed by atoms with Gasteiger partial charge < -0.3 is 11.1 Å². The molecule has 7 heteroatoms. The highest BCUT2D eigenvalue weighted by Gasteiger charge is 2.18. The second-order valence-corrected chi connectivity index (χ2v) is 7.24. The van der Waals surface area contributed by atoms with Crippen LogP contribution in [0.4, 0.5) is 5.69 Å². The fraction of sp³-hybridized carbons (Fsp3) is 0.130. The molecule has 0 aliphatic heterocycles. The van der Waals surface area contributed by atoms with Gasteiger partial charge in [-0.15, -0.1) is 0 Å².